The Balaban J connectivity index is 1.40. The van der Waals surface area contributed by atoms with E-state index in [2.05, 4.69) is 10.3 Å². The molecular weight excluding hydrogens is 458 g/mol. The van der Waals surface area contributed by atoms with Crippen molar-refractivity contribution in [1.82, 2.24) is 14.6 Å². The quantitative estimate of drug-likeness (QED) is 0.442. The molecule has 176 valence electrons. The van der Waals surface area contributed by atoms with E-state index < -0.39 is 16.1 Å². The number of amides is 1. The van der Waals surface area contributed by atoms with Crippen molar-refractivity contribution < 1.29 is 13.2 Å². The number of rotatable bonds is 6. The van der Waals surface area contributed by atoms with Crippen molar-refractivity contribution in [3.8, 4) is 0 Å². The van der Waals surface area contributed by atoms with E-state index in [-0.39, 0.29) is 10.8 Å². The molecule has 3 aromatic carbocycles. The molecule has 0 saturated carbocycles. The zero-order chi connectivity index (χ0) is 24.3. The highest BCUT2D eigenvalue weighted by atomic mass is 32.2. The van der Waals surface area contributed by atoms with Gasteiger partial charge in [-0.25, -0.2) is 8.42 Å². The lowest BCUT2D eigenvalue weighted by atomic mass is 9.99. The molecule has 1 aliphatic rings. The Morgan fingerprint density at radius 1 is 0.829 bits per heavy atom. The van der Waals surface area contributed by atoms with Crippen LogP contribution in [-0.4, -0.2) is 30.2 Å². The van der Waals surface area contributed by atoms with E-state index >= 15 is 0 Å². The van der Waals surface area contributed by atoms with Gasteiger partial charge in [-0.3, -0.25) is 9.78 Å². The van der Waals surface area contributed by atoms with Gasteiger partial charge in [0.15, 0.2) is 0 Å². The fourth-order valence-electron chi connectivity index (χ4n) is 4.40. The summed E-state index contributed by atoms with van der Waals surface area (Å²) in [5, 5.41) is 3.06. The maximum absolute atomic E-state index is 13.4. The molecule has 0 radical (unpaired) electrons. The number of sulfonamides is 1. The average molecular weight is 484 g/mol. The Morgan fingerprint density at radius 3 is 2.29 bits per heavy atom. The van der Waals surface area contributed by atoms with E-state index in [0.29, 0.717) is 25.1 Å². The minimum atomic E-state index is -3.75. The number of pyridine rings is 1. The van der Waals surface area contributed by atoms with E-state index in [4.69, 9.17) is 0 Å². The Bertz CT molecular complexity index is 1400. The highest BCUT2D eigenvalue weighted by Crippen LogP contribution is 2.26. The average Bonchev–Trinajstić information content (AvgIpc) is 2.92. The summed E-state index contributed by atoms with van der Waals surface area (Å²) in [4.78, 5) is 17.5. The number of benzene rings is 3. The maximum atomic E-state index is 13.4. The lowest BCUT2D eigenvalue weighted by Crippen LogP contribution is -2.36. The van der Waals surface area contributed by atoms with Gasteiger partial charge in [0, 0.05) is 31.0 Å². The van der Waals surface area contributed by atoms with Crippen LogP contribution in [0.25, 0.3) is 0 Å². The van der Waals surface area contributed by atoms with Crippen LogP contribution >= 0.6 is 0 Å². The number of hydrogen-bond acceptors (Lipinski definition) is 4. The molecule has 1 aliphatic heterocycles. The molecule has 0 aliphatic carbocycles. The number of aromatic nitrogens is 1. The summed E-state index contributed by atoms with van der Waals surface area (Å²) in [7, 11) is -3.75. The smallest absolute Gasteiger partial charge is 0.252 e. The first-order chi connectivity index (χ1) is 17.0. The van der Waals surface area contributed by atoms with Crippen LogP contribution in [0.3, 0.4) is 0 Å². The molecule has 1 atom stereocenters. The van der Waals surface area contributed by atoms with Crippen LogP contribution in [0.5, 0.6) is 0 Å². The fourth-order valence-corrected chi connectivity index (χ4v) is 5.86. The number of hydrogen-bond donors (Lipinski definition) is 1. The summed E-state index contributed by atoms with van der Waals surface area (Å²) in [6, 6.07) is 27.1. The van der Waals surface area contributed by atoms with E-state index in [1.165, 1.54) is 15.9 Å². The van der Waals surface area contributed by atoms with Gasteiger partial charge in [0.2, 0.25) is 10.0 Å². The molecule has 7 heteroatoms. The molecule has 1 amide bonds. The van der Waals surface area contributed by atoms with Gasteiger partial charge in [0.25, 0.3) is 5.91 Å². The van der Waals surface area contributed by atoms with Crippen LogP contribution in [-0.2, 0) is 23.0 Å². The Labute approximate surface area is 205 Å². The first-order valence-electron chi connectivity index (χ1n) is 11.4. The minimum Gasteiger partial charge on any atom is -0.341 e. The van der Waals surface area contributed by atoms with Crippen LogP contribution in [0.1, 0.15) is 38.7 Å². The zero-order valence-electron chi connectivity index (χ0n) is 19.0. The maximum Gasteiger partial charge on any atom is 0.252 e. The molecule has 0 saturated heterocycles. The predicted octanol–water partition coefficient (Wildman–Crippen LogP) is 4.35. The second-order valence-electron chi connectivity index (χ2n) is 8.48. The summed E-state index contributed by atoms with van der Waals surface area (Å²) in [5.74, 6) is -0.350. The molecule has 35 heavy (non-hydrogen) atoms. The summed E-state index contributed by atoms with van der Waals surface area (Å²) < 4.78 is 28.3. The molecule has 2 heterocycles. The van der Waals surface area contributed by atoms with Crippen molar-refractivity contribution in [1.29, 1.82) is 0 Å². The molecule has 6 nitrogen and oxygen atoms in total. The zero-order valence-corrected chi connectivity index (χ0v) is 19.9. The number of nitrogens with one attached hydrogen (secondary N) is 1. The second kappa shape index (κ2) is 9.82. The van der Waals surface area contributed by atoms with Gasteiger partial charge in [-0.1, -0.05) is 60.7 Å². The predicted molar refractivity (Wildman–Crippen MR) is 134 cm³/mol. The van der Waals surface area contributed by atoms with Crippen LogP contribution < -0.4 is 5.32 Å². The minimum absolute atomic E-state index is 0.115. The van der Waals surface area contributed by atoms with Gasteiger partial charge >= 0.3 is 0 Å². The highest BCUT2D eigenvalue weighted by Gasteiger charge is 2.29. The van der Waals surface area contributed by atoms with Crippen molar-refractivity contribution in [3.63, 3.8) is 0 Å². The summed E-state index contributed by atoms with van der Waals surface area (Å²) in [5.41, 5.74) is 4.28. The first kappa shape index (κ1) is 23.0. The Kier molecular flexibility index (Phi) is 6.44. The van der Waals surface area contributed by atoms with Crippen molar-refractivity contribution >= 4 is 15.9 Å². The van der Waals surface area contributed by atoms with E-state index in [9.17, 15) is 13.2 Å². The van der Waals surface area contributed by atoms with Crippen LogP contribution in [0, 0.1) is 0 Å². The second-order valence-corrected chi connectivity index (χ2v) is 10.4. The van der Waals surface area contributed by atoms with E-state index in [1.807, 2.05) is 66.7 Å². The largest absolute Gasteiger partial charge is 0.341 e. The Hall–Kier alpha value is -3.81. The first-order valence-corrected chi connectivity index (χ1v) is 12.9. The molecule has 1 unspecified atom stereocenters. The third kappa shape index (κ3) is 4.87. The van der Waals surface area contributed by atoms with Gasteiger partial charge < -0.3 is 5.32 Å². The van der Waals surface area contributed by atoms with Crippen molar-refractivity contribution in [3.05, 3.63) is 131 Å². The van der Waals surface area contributed by atoms with Crippen molar-refractivity contribution in [2.75, 3.05) is 6.54 Å². The fraction of sp³-hybridized carbons (Fsp3) is 0.143. The number of fused-ring (bicyclic) bond motifs is 1. The molecule has 1 N–H and O–H groups in total. The van der Waals surface area contributed by atoms with Crippen molar-refractivity contribution in [2.45, 2.75) is 23.9 Å². The lowest BCUT2D eigenvalue weighted by Gasteiger charge is -2.28. The van der Waals surface area contributed by atoms with Crippen LogP contribution in [0.4, 0.5) is 0 Å². The Morgan fingerprint density at radius 2 is 1.51 bits per heavy atom. The molecular formula is C28H25N3O3S. The summed E-state index contributed by atoms with van der Waals surface area (Å²) in [6.45, 7) is 0.737. The third-order valence-corrected chi connectivity index (χ3v) is 8.12. The highest BCUT2D eigenvalue weighted by molar-refractivity contribution is 7.89. The topological polar surface area (TPSA) is 79.4 Å². The summed E-state index contributed by atoms with van der Waals surface area (Å²) in [6.07, 6.45) is 4.03. The molecule has 1 aromatic heterocycles. The van der Waals surface area contributed by atoms with Gasteiger partial charge in [-0.05, 0) is 59.0 Å². The number of carbonyl (C=O) groups excluding carboxylic acids is 1. The standard InChI is InChI=1S/C28H25N3O3S/c32-28(30-27(22-8-2-1-3-9-22)23-13-16-29-17-14-23)24-11-6-12-26(19-24)35(33,34)31-18-15-21-7-4-5-10-25(21)20-31/h1-14,16-17,19,27H,15,18,20H2,(H,30,32). The SMILES string of the molecule is O=C(NC(c1ccccc1)c1ccncc1)c1cccc(S(=O)(=O)N2CCc3ccccc3C2)c1. The molecule has 4 aromatic rings. The van der Waals surface area contributed by atoms with Gasteiger partial charge in [-0.2, -0.15) is 4.31 Å². The van der Waals surface area contributed by atoms with Gasteiger partial charge in [0.05, 0.1) is 10.9 Å². The molecule has 0 fully saturated rings. The third-order valence-electron chi connectivity index (χ3n) is 6.28. The van der Waals surface area contributed by atoms with E-state index in [1.54, 1.807) is 30.6 Å². The number of carbonyl (C=O) groups is 1. The van der Waals surface area contributed by atoms with Crippen LogP contribution in [0.2, 0.25) is 0 Å². The molecule has 0 bridgehead atoms. The van der Waals surface area contributed by atoms with Gasteiger partial charge in [0.1, 0.15) is 0 Å². The van der Waals surface area contributed by atoms with Crippen LogP contribution in [0.15, 0.2) is 108 Å². The number of nitrogens with zero attached hydrogens (tertiary/aromatic N) is 2. The van der Waals surface area contributed by atoms with Gasteiger partial charge in [-0.15, -0.1) is 0 Å². The lowest BCUT2D eigenvalue weighted by molar-refractivity contribution is 0.0942. The molecule has 0 spiro atoms. The summed E-state index contributed by atoms with van der Waals surface area (Å²) >= 11 is 0. The van der Waals surface area contributed by atoms with Crippen molar-refractivity contribution in [2.24, 2.45) is 0 Å². The normalized spacial score (nSPS) is 14.6. The molecule has 5 rings (SSSR count). The monoisotopic (exact) mass is 483 g/mol. The van der Waals surface area contributed by atoms with E-state index in [0.717, 1.165) is 16.7 Å².